The fourth-order valence-electron chi connectivity index (χ4n) is 3.28. The number of benzene rings is 2. The summed E-state index contributed by atoms with van der Waals surface area (Å²) in [6, 6.07) is 12.6. The molecule has 1 N–H and O–H groups in total. The first-order chi connectivity index (χ1) is 12.5. The van der Waals surface area contributed by atoms with E-state index in [0.717, 1.165) is 5.56 Å². The Bertz CT molecular complexity index is 889. The van der Waals surface area contributed by atoms with Crippen LogP contribution in [0.2, 0.25) is 0 Å². The molecule has 1 heterocycles. The highest BCUT2D eigenvalue weighted by Gasteiger charge is 2.45. The fourth-order valence-corrected chi connectivity index (χ4v) is 3.28. The lowest BCUT2D eigenvalue weighted by Gasteiger charge is -2.24. The van der Waals surface area contributed by atoms with Gasteiger partial charge in [0.2, 0.25) is 0 Å². The zero-order chi connectivity index (χ0) is 18.8. The van der Waals surface area contributed by atoms with E-state index in [-0.39, 0.29) is 11.3 Å². The second-order valence-electron chi connectivity index (χ2n) is 6.37. The Hall–Kier alpha value is -2.95. The summed E-state index contributed by atoms with van der Waals surface area (Å²) in [5.41, 5.74) is 1.47. The average molecular weight is 353 g/mol. The second-order valence-corrected chi connectivity index (χ2v) is 6.37. The summed E-state index contributed by atoms with van der Waals surface area (Å²) >= 11 is 0. The van der Waals surface area contributed by atoms with E-state index in [2.05, 4.69) is 0 Å². The van der Waals surface area contributed by atoms with Crippen molar-refractivity contribution in [2.24, 2.45) is 0 Å². The molecule has 4 nitrogen and oxygen atoms in total. The van der Waals surface area contributed by atoms with Crippen LogP contribution in [0.1, 0.15) is 36.1 Å². The minimum absolute atomic E-state index is 0.0423. The minimum Gasteiger partial charge on any atom is -0.507 e. The normalized spacial score (nSPS) is 19.2. The Kier molecular flexibility index (Phi) is 4.89. The van der Waals surface area contributed by atoms with Gasteiger partial charge in [-0.05, 0) is 42.7 Å². The maximum absolute atomic E-state index is 13.6. The standard InChI is InChI=1S/C21H20FNO3/c1-3-11-23-18(14-7-5-4-6-8-14)17(20(25)21(23)26)19(24)15-9-10-16(22)13(2)12-15/h4-10,12,18,24H,3,11H2,1-2H3/b19-17-. The van der Waals surface area contributed by atoms with Crippen LogP contribution in [0.15, 0.2) is 54.1 Å². The highest BCUT2D eigenvalue weighted by atomic mass is 19.1. The van der Waals surface area contributed by atoms with E-state index >= 15 is 0 Å². The van der Waals surface area contributed by atoms with Crippen molar-refractivity contribution >= 4 is 17.4 Å². The van der Waals surface area contributed by atoms with Gasteiger partial charge in [-0.3, -0.25) is 9.59 Å². The van der Waals surface area contributed by atoms with E-state index in [1.807, 2.05) is 37.3 Å². The Labute approximate surface area is 151 Å². The van der Waals surface area contributed by atoms with Crippen LogP contribution in [0.5, 0.6) is 0 Å². The maximum Gasteiger partial charge on any atom is 0.295 e. The second kappa shape index (κ2) is 7.12. The molecule has 0 bridgehead atoms. The molecule has 1 saturated heterocycles. The summed E-state index contributed by atoms with van der Waals surface area (Å²) in [5.74, 6) is -2.01. The van der Waals surface area contributed by atoms with Crippen LogP contribution in [0, 0.1) is 12.7 Å². The van der Waals surface area contributed by atoms with Crippen molar-refractivity contribution in [3.63, 3.8) is 0 Å². The fraction of sp³-hybridized carbons (Fsp3) is 0.238. The van der Waals surface area contributed by atoms with Crippen molar-refractivity contribution in [3.8, 4) is 0 Å². The molecule has 2 aromatic carbocycles. The predicted molar refractivity (Wildman–Crippen MR) is 96.9 cm³/mol. The number of nitrogens with zero attached hydrogens (tertiary/aromatic N) is 1. The van der Waals surface area contributed by atoms with E-state index < -0.39 is 23.5 Å². The van der Waals surface area contributed by atoms with Gasteiger partial charge in [0.15, 0.2) is 0 Å². The van der Waals surface area contributed by atoms with Gasteiger partial charge in [0, 0.05) is 12.1 Å². The quantitative estimate of drug-likeness (QED) is 0.514. The molecule has 5 heteroatoms. The summed E-state index contributed by atoms with van der Waals surface area (Å²) in [7, 11) is 0. The van der Waals surface area contributed by atoms with E-state index in [9.17, 15) is 19.1 Å². The largest absolute Gasteiger partial charge is 0.507 e. The minimum atomic E-state index is -0.716. The van der Waals surface area contributed by atoms with E-state index in [1.165, 1.54) is 23.1 Å². The monoisotopic (exact) mass is 353 g/mol. The number of hydrogen-bond donors (Lipinski definition) is 1. The maximum atomic E-state index is 13.6. The molecule has 2 aromatic rings. The van der Waals surface area contributed by atoms with Crippen molar-refractivity contribution in [1.29, 1.82) is 0 Å². The van der Waals surface area contributed by atoms with E-state index in [1.54, 1.807) is 6.92 Å². The Balaban J connectivity index is 2.19. The zero-order valence-corrected chi connectivity index (χ0v) is 14.7. The third-order valence-electron chi connectivity index (χ3n) is 4.55. The smallest absolute Gasteiger partial charge is 0.295 e. The van der Waals surface area contributed by atoms with Gasteiger partial charge in [0.25, 0.3) is 11.7 Å². The van der Waals surface area contributed by atoms with Crippen molar-refractivity contribution in [2.75, 3.05) is 6.54 Å². The van der Waals surface area contributed by atoms with Crippen molar-refractivity contribution < 1.29 is 19.1 Å². The number of amides is 1. The van der Waals surface area contributed by atoms with Crippen LogP contribution < -0.4 is 0 Å². The molecule has 0 spiro atoms. The molecule has 1 aliphatic heterocycles. The number of rotatable bonds is 4. The number of Topliss-reactive ketones (excluding diaryl/α,β-unsaturated/α-hetero) is 1. The molecular weight excluding hydrogens is 333 g/mol. The van der Waals surface area contributed by atoms with Crippen molar-refractivity contribution in [1.82, 2.24) is 4.90 Å². The SMILES string of the molecule is CCCN1C(=O)C(=O)/C(=C(\O)c2ccc(F)c(C)c2)C1c1ccccc1. The van der Waals surface area contributed by atoms with Crippen LogP contribution in [0.3, 0.4) is 0 Å². The molecule has 1 aliphatic rings. The number of hydrogen-bond acceptors (Lipinski definition) is 3. The summed E-state index contributed by atoms with van der Waals surface area (Å²) in [4.78, 5) is 26.7. The van der Waals surface area contributed by atoms with Crippen molar-refractivity contribution in [3.05, 3.63) is 76.6 Å². The number of aryl methyl sites for hydroxylation is 1. The lowest BCUT2D eigenvalue weighted by Crippen LogP contribution is -2.30. The number of aliphatic hydroxyl groups excluding tert-OH is 1. The number of aliphatic hydroxyl groups is 1. The van der Waals surface area contributed by atoms with Crippen LogP contribution >= 0.6 is 0 Å². The lowest BCUT2D eigenvalue weighted by molar-refractivity contribution is -0.139. The summed E-state index contributed by atoms with van der Waals surface area (Å²) < 4.78 is 13.6. The number of carbonyl (C=O) groups is 2. The molecule has 1 unspecified atom stereocenters. The molecule has 0 radical (unpaired) electrons. The first-order valence-corrected chi connectivity index (χ1v) is 8.55. The number of carbonyl (C=O) groups excluding carboxylic acids is 2. The summed E-state index contributed by atoms with van der Waals surface area (Å²) in [5, 5.41) is 10.8. The predicted octanol–water partition coefficient (Wildman–Crippen LogP) is 3.97. The molecule has 1 atom stereocenters. The van der Waals surface area contributed by atoms with Crippen LogP contribution in [-0.2, 0) is 9.59 Å². The summed E-state index contributed by atoms with van der Waals surface area (Å²) in [6.07, 6.45) is 0.687. The Morgan fingerprint density at radius 1 is 1.15 bits per heavy atom. The zero-order valence-electron chi connectivity index (χ0n) is 14.7. The number of likely N-dealkylation sites (tertiary alicyclic amines) is 1. The molecule has 134 valence electrons. The molecule has 0 aromatic heterocycles. The lowest BCUT2D eigenvalue weighted by atomic mass is 9.95. The van der Waals surface area contributed by atoms with Gasteiger partial charge < -0.3 is 10.0 Å². The molecule has 1 amide bonds. The Morgan fingerprint density at radius 3 is 2.46 bits per heavy atom. The number of halogens is 1. The number of ketones is 1. The van der Waals surface area contributed by atoms with Crippen LogP contribution in [-0.4, -0.2) is 28.2 Å². The van der Waals surface area contributed by atoms with Crippen molar-refractivity contribution in [2.45, 2.75) is 26.3 Å². The molecule has 1 fully saturated rings. The molecule has 0 aliphatic carbocycles. The Morgan fingerprint density at radius 2 is 1.85 bits per heavy atom. The third kappa shape index (κ3) is 3.01. The summed E-state index contributed by atoms with van der Waals surface area (Å²) in [6.45, 7) is 3.91. The first-order valence-electron chi connectivity index (χ1n) is 8.55. The van der Waals surface area contributed by atoms with E-state index in [4.69, 9.17) is 0 Å². The average Bonchev–Trinajstić information content (AvgIpc) is 2.89. The van der Waals surface area contributed by atoms with Gasteiger partial charge in [0.1, 0.15) is 11.6 Å². The van der Waals surface area contributed by atoms with Crippen LogP contribution in [0.25, 0.3) is 5.76 Å². The van der Waals surface area contributed by atoms with Gasteiger partial charge in [0.05, 0.1) is 11.6 Å². The van der Waals surface area contributed by atoms with Gasteiger partial charge in [-0.2, -0.15) is 0 Å². The topological polar surface area (TPSA) is 57.6 Å². The highest BCUT2D eigenvalue weighted by molar-refractivity contribution is 6.46. The van der Waals surface area contributed by atoms with Gasteiger partial charge >= 0.3 is 0 Å². The van der Waals surface area contributed by atoms with E-state index in [0.29, 0.717) is 24.1 Å². The highest BCUT2D eigenvalue weighted by Crippen LogP contribution is 2.39. The van der Waals surface area contributed by atoms with Gasteiger partial charge in [-0.1, -0.05) is 37.3 Å². The molecule has 3 rings (SSSR count). The third-order valence-corrected chi connectivity index (χ3v) is 4.55. The molecule has 26 heavy (non-hydrogen) atoms. The molecule has 0 saturated carbocycles. The van der Waals surface area contributed by atoms with Gasteiger partial charge in [-0.15, -0.1) is 0 Å². The molecular formula is C21H20FNO3. The van der Waals surface area contributed by atoms with Gasteiger partial charge in [-0.25, -0.2) is 4.39 Å². The first kappa shape index (κ1) is 17.9. The van der Waals surface area contributed by atoms with Crippen LogP contribution in [0.4, 0.5) is 4.39 Å².